The van der Waals surface area contributed by atoms with Gasteiger partial charge in [-0.2, -0.15) is 5.10 Å². The molecular formula is C7H13ClN2. The number of rotatable bonds is 1. The van der Waals surface area contributed by atoms with Crippen molar-refractivity contribution in [3.8, 4) is 0 Å². The Morgan fingerprint density at radius 1 is 1.50 bits per heavy atom. The molecule has 1 aromatic rings. The van der Waals surface area contributed by atoms with Crippen LogP contribution in [0.15, 0.2) is 6.07 Å². The van der Waals surface area contributed by atoms with Crippen molar-refractivity contribution in [1.29, 1.82) is 0 Å². The summed E-state index contributed by atoms with van der Waals surface area (Å²) in [5, 5.41) is 6.99. The molecule has 0 amide bonds. The second-order valence-corrected chi connectivity index (χ2v) is 2.63. The van der Waals surface area contributed by atoms with Crippen LogP contribution in [-0.4, -0.2) is 10.2 Å². The molecule has 0 spiro atoms. The van der Waals surface area contributed by atoms with Crippen molar-refractivity contribution in [3.63, 3.8) is 0 Å². The summed E-state index contributed by atoms with van der Waals surface area (Å²) in [4.78, 5) is 0. The van der Waals surface area contributed by atoms with E-state index in [-0.39, 0.29) is 12.4 Å². The summed E-state index contributed by atoms with van der Waals surface area (Å²) >= 11 is 0. The van der Waals surface area contributed by atoms with E-state index in [1.54, 1.807) is 0 Å². The Morgan fingerprint density at radius 3 is 2.30 bits per heavy atom. The lowest BCUT2D eigenvalue weighted by Crippen LogP contribution is -1.85. The van der Waals surface area contributed by atoms with Crippen LogP contribution in [-0.2, 0) is 0 Å². The van der Waals surface area contributed by atoms with Crippen molar-refractivity contribution in [3.05, 3.63) is 17.5 Å². The molecule has 0 atom stereocenters. The number of H-pyrrole nitrogens is 1. The topological polar surface area (TPSA) is 28.7 Å². The highest BCUT2D eigenvalue weighted by Crippen LogP contribution is 2.10. The summed E-state index contributed by atoms with van der Waals surface area (Å²) in [5.41, 5.74) is 2.28. The van der Waals surface area contributed by atoms with Gasteiger partial charge in [-0.05, 0) is 18.9 Å². The van der Waals surface area contributed by atoms with E-state index in [1.165, 1.54) is 0 Å². The van der Waals surface area contributed by atoms with Gasteiger partial charge in [-0.25, -0.2) is 0 Å². The minimum atomic E-state index is 0. The molecule has 0 radical (unpaired) electrons. The first kappa shape index (κ1) is 9.50. The van der Waals surface area contributed by atoms with Gasteiger partial charge in [0.1, 0.15) is 0 Å². The molecule has 0 aliphatic carbocycles. The maximum atomic E-state index is 4.09. The van der Waals surface area contributed by atoms with Crippen molar-refractivity contribution in [2.24, 2.45) is 0 Å². The Morgan fingerprint density at radius 2 is 2.10 bits per heavy atom. The van der Waals surface area contributed by atoms with E-state index < -0.39 is 0 Å². The molecule has 0 bridgehead atoms. The summed E-state index contributed by atoms with van der Waals surface area (Å²) in [7, 11) is 0. The first-order chi connectivity index (χ1) is 4.20. The largest absolute Gasteiger partial charge is 0.283 e. The summed E-state index contributed by atoms with van der Waals surface area (Å²) < 4.78 is 0. The molecule has 0 saturated heterocycles. The molecule has 0 aliphatic rings. The van der Waals surface area contributed by atoms with Crippen molar-refractivity contribution in [2.45, 2.75) is 26.7 Å². The lowest BCUT2D eigenvalue weighted by Gasteiger charge is -1.94. The maximum Gasteiger partial charge on any atom is 0.0650 e. The number of aromatic nitrogens is 2. The van der Waals surface area contributed by atoms with Crippen LogP contribution >= 0.6 is 12.4 Å². The van der Waals surface area contributed by atoms with Crippen LogP contribution in [0.5, 0.6) is 0 Å². The fourth-order valence-corrected chi connectivity index (χ4v) is 0.735. The minimum absolute atomic E-state index is 0. The van der Waals surface area contributed by atoms with Crippen LogP contribution in [0.1, 0.15) is 31.2 Å². The molecule has 0 aliphatic heterocycles. The van der Waals surface area contributed by atoms with Gasteiger partial charge in [-0.1, -0.05) is 13.8 Å². The maximum absolute atomic E-state index is 4.09. The number of nitrogens with one attached hydrogen (secondary N) is 1. The number of halogens is 1. The Hall–Kier alpha value is -0.500. The highest BCUT2D eigenvalue weighted by atomic mass is 35.5. The second kappa shape index (κ2) is 3.62. The predicted molar refractivity (Wildman–Crippen MR) is 44.7 cm³/mol. The number of hydrogen-bond donors (Lipinski definition) is 1. The van der Waals surface area contributed by atoms with E-state index in [1.807, 2.05) is 6.92 Å². The van der Waals surface area contributed by atoms with E-state index in [9.17, 15) is 0 Å². The number of nitrogens with zero attached hydrogens (tertiary/aromatic N) is 1. The number of aryl methyl sites for hydroxylation is 1. The highest BCUT2D eigenvalue weighted by Gasteiger charge is 2.00. The number of hydrogen-bond acceptors (Lipinski definition) is 1. The zero-order valence-corrected chi connectivity index (χ0v) is 7.33. The van der Waals surface area contributed by atoms with Crippen molar-refractivity contribution in [1.82, 2.24) is 10.2 Å². The average Bonchev–Trinajstić information content (AvgIpc) is 2.14. The Kier molecular flexibility index (Phi) is 3.43. The summed E-state index contributed by atoms with van der Waals surface area (Å²) in [5.74, 6) is 0.537. The quantitative estimate of drug-likeness (QED) is 0.671. The van der Waals surface area contributed by atoms with Crippen LogP contribution in [0.25, 0.3) is 0 Å². The van der Waals surface area contributed by atoms with Gasteiger partial charge in [0.15, 0.2) is 0 Å². The Balaban J connectivity index is 0.000000810. The summed E-state index contributed by atoms with van der Waals surface area (Å²) in [6, 6.07) is 2.07. The van der Waals surface area contributed by atoms with Gasteiger partial charge in [0.25, 0.3) is 0 Å². The summed E-state index contributed by atoms with van der Waals surface area (Å²) in [6.07, 6.45) is 0. The van der Waals surface area contributed by atoms with E-state index in [0.717, 1.165) is 11.4 Å². The molecule has 0 fully saturated rings. The third kappa shape index (κ3) is 2.03. The van der Waals surface area contributed by atoms with Crippen molar-refractivity contribution < 1.29 is 0 Å². The molecule has 1 aromatic heterocycles. The Labute approximate surface area is 67.4 Å². The van der Waals surface area contributed by atoms with E-state index in [4.69, 9.17) is 0 Å². The lowest BCUT2D eigenvalue weighted by molar-refractivity contribution is 0.809. The highest BCUT2D eigenvalue weighted by molar-refractivity contribution is 5.85. The van der Waals surface area contributed by atoms with Gasteiger partial charge in [0.2, 0.25) is 0 Å². The van der Waals surface area contributed by atoms with E-state index >= 15 is 0 Å². The third-order valence-corrected chi connectivity index (χ3v) is 1.32. The van der Waals surface area contributed by atoms with Gasteiger partial charge in [-0.15, -0.1) is 12.4 Å². The standard InChI is InChI=1S/C7H12N2.ClH/c1-5(2)7-4-6(3)8-9-7;/h4-5H,1-3H3,(H,8,9);1H. The van der Waals surface area contributed by atoms with Crippen molar-refractivity contribution in [2.75, 3.05) is 0 Å². The first-order valence-electron chi connectivity index (χ1n) is 3.22. The first-order valence-corrected chi connectivity index (χ1v) is 3.22. The SMILES string of the molecule is Cc1cc(C(C)C)n[nH]1.Cl. The molecule has 1 rings (SSSR count). The molecule has 0 aromatic carbocycles. The van der Waals surface area contributed by atoms with Crippen LogP contribution in [0.3, 0.4) is 0 Å². The van der Waals surface area contributed by atoms with Crippen LogP contribution < -0.4 is 0 Å². The minimum Gasteiger partial charge on any atom is -0.283 e. The zero-order valence-electron chi connectivity index (χ0n) is 6.51. The molecule has 3 heteroatoms. The Bertz CT molecular complexity index is 193. The molecule has 0 unspecified atom stereocenters. The van der Waals surface area contributed by atoms with Gasteiger partial charge in [0, 0.05) is 5.69 Å². The van der Waals surface area contributed by atoms with E-state index in [0.29, 0.717) is 5.92 Å². The van der Waals surface area contributed by atoms with Gasteiger partial charge in [0.05, 0.1) is 5.69 Å². The fourth-order valence-electron chi connectivity index (χ4n) is 0.735. The molecular weight excluding hydrogens is 148 g/mol. The van der Waals surface area contributed by atoms with Crippen LogP contribution in [0.4, 0.5) is 0 Å². The molecule has 58 valence electrons. The average molecular weight is 161 g/mol. The van der Waals surface area contributed by atoms with E-state index in [2.05, 4.69) is 30.1 Å². The van der Waals surface area contributed by atoms with Gasteiger partial charge in [-0.3, -0.25) is 5.10 Å². The zero-order chi connectivity index (χ0) is 6.85. The normalized spacial score (nSPS) is 9.60. The fraction of sp³-hybridized carbons (Fsp3) is 0.571. The smallest absolute Gasteiger partial charge is 0.0650 e. The van der Waals surface area contributed by atoms with Crippen LogP contribution in [0, 0.1) is 6.92 Å². The predicted octanol–water partition coefficient (Wildman–Crippen LogP) is 2.26. The molecule has 2 nitrogen and oxygen atoms in total. The monoisotopic (exact) mass is 160 g/mol. The van der Waals surface area contributed by atoms with Gasteiger partial charge >= 0.3 is 0 Å². The molecule has 0 saturated carbocycles. The molecule has 10 heavy (non-hydrogen) atoms. The second-order valence-electron chi connectivity index (χ2n) is 2.63. The van der Waals surface area contributed by atoms with Gasteiger partial charge < -0.3 is 0 Å². The summed E-state index contributed by atoms with van der Waals surface area (Å²) in [6.45, 7) is 6.28. The molecule has 1 heterocycles. The van der Waals surface area contributed by atoms with Crippen molar-refractivity contribution >= 4 is 12.4 Å². The third-order valence-electron chi connectivity index (χ3n) is 1.32. The lowest BCUT2D eigenvalue weighted by atomic mass is 10.1. The number of aromatic amines is 1. The molecule has 1 N–H and O–H groups in total. The van der Waals surface area contributed by atoms with Crippen LogP contribution in [0.2, 0.25) is 0 Å².